The maximum Gasteiger partial charge on any atom is 0.220 e. The monoisotopic (exact) mass is 669 g/mol. The Bertz CT molecular complexity index is 753. The lowest BCUT2D eigenvalue weighted by Gasteiger charge is -2.33. The number of nitrogens with one attached hydrogen (secondary N) is 2. The Morgan fingerprint density at radius 2 is 1.04 bits per heavy atom. The molecule has 0 heterocycles. The number of amides is 1. The van der Waals surface area contributed by atoms with E-state index in [2.05, 4.69) is 17.6 Å². The topological polar surface area (TPSA) is 142 Å². The van der Waals surface area contributed by atoms with E-state index in [1.165, 1.54) is 134 Å². The minimum absolute atomic E-state index is 0.132. The van der Waals surface area contributed by atoms with Gasteiger partial charge < -0.3 is 36.2 Å². The van der Waals surface area contributed by atoms with Gasteiger partial charge in [0.2, 0.25) is 5.91 Å². The van der Waals surface area contributed by atoms with E-state index in [4.69, 9.17) is 0 Å². The van der Waals surface area contributed by atoms with Gasteiger partial charge in [0.25, 0.3) is 0 Å². The average Bonchev–Trinajstić information content (AvgIpc) is 3.06. The molecule has 7 N–H and O–H groups in total. The van der Waals surface area contributed by atoms with Crippen molar-refractivity contribution in [2.75, 3.05) is 6.54 Å². The van der Waals surface area contributed by atoms with E-state index in [9.17, 15) is 30.3 Å². The fourth-order valence-corrected chi connectivity index (χ4v) is 6.57. The second kappa shape index (κ2) is 29.8. The zero-order chi connectivity index (χ0) is 34.5. The minimum atomic E-state index is -1.31. The molecule has 0 aromatic rings. The Hall–Kier alpha value is -1.03. The molecular formula is C39H76N2O6. The fourth-order valence-electron chi connectivity index (χ4n) is 6.57. The molecule has 8 nitrogen and oxygen atoms in total. The van der Waals surface area contributed by atoms with Crippen LogP contribution in [-0.4, -0.2) is 80.6 Å². The molecule has 278 valence electrons. The zero-order valence-corrected chi connectivity index (χ0v) is 30.4. The Morgan fingerprint density at radius 1 is 0.617 bits per heavy atom. The smallest absolute Gasteiger partial charge is 0.220 e. The highest BCUT2D eigenvalue weighted by molar-refractivity contribution is 5.76. The lowest BCUT2D eigenvalue weighted by Crippen LogP contribution is -2.56. The number of aliphatic hydroxyl groups excluding tert-OH is 5. The normalized spacial score (nSPS) is 21.5. The summed E-state index contributed by atoms with van der Waals surface area (Å²) in [5, 5.41) is 56.6. The number of hydrogen-bond acceptors (Lipinski definition) is 7. The standard InChI is InChI=1S/C39H76N2O6/c1-3-5-6-7-8-9-10-11-12-13-14-15-16-17-18-19-20-21-22-23-24-25-26-27-37(45)41-34(36(44)30-32(42)4-2)31-40-33-28-29-35(43)39(47)38(33)46/h28-29,32-36,38-40,42-44,46-47H,3-27,30-31H2,1-2H3,(H,41,45). The molecule has 0 spiro atoms. The molecule has 0 radical (unpaired) electrons. The Morgan fingerprint density at radius 3 is 1.47 bits per heavy atom. The van der Waals surface area contributed by atoms with Crippen molar-refractivity contribution >= 4 is 5.91 Å². The summed E-state index contributed by atoms with van der Waals surface area (Å²) in [6.45, 7) is 4.27. The third kappa shape index (κ3) is 23.1. The van der Waals surface area contributed by atoms with Gasteiger partial charge in [-0.3, -0.25) is 4.79 Å². The fraction of sp³-hybridized carbons (Fsp3) is 0.923. The lowest BCUT2D eigenvalue weighted by atomic mass is 9.93. The van der Waals surface area contributed by atoms with Crippen molar-refractivity contribution in [2.45, 2.75) is 223 Å². The first-order chi connectivity index (χ1) is 22.8. The summed E-state index contributed by atoms with van der Waals surface area (Å²) in [5.74, 6) is -0.138. The minimum Gasteiger partial charge on any atom is -0.393 e. The third-order valence-electron chi connectivity index (χ3n) is 9.96. The van der Waals surface area contributed by atoms with Crippen LogP contribution < -0.4 is 10.6 Å². The maximum absolute atomic E-state index is 12.7. The SMILES string of the molecule is CCCCCCCCCCCCCCCCCCCCCCCCCC(=O)NC(CNC1C=CC(O)C(O)C1O)C(O)CC(O)CC. The van der Waals surface area contributed by atoms with Gasteiger partial charge in [0, 0.05) is 19.4 Å². The van der Waals surface area contributed by atoms with Crippen molar-refractivity contribution in [3.8, 4) is 0 Å². The number of hydrogen-bond donors (Lipinski definition) is 7. The zero-order valence-electron chi connectivity index (χ0n) is 30.4. The van der Waals surface area contributed by atoms with Crippen LogP contribution in [0.2, 0.25) is 0 Å². The second-order valence-corrected chi connectivity index (χ2v) is 14.4. The van der Waals surface area contributed by atoms with Gasteiger partial charge in [-0.15, -0.1) is 0 Å². The molecule has 1 aliphatic carbocycles. The summed E-state index contributed by atoms with van der Waals surface area (Å²) in [4.78, 5) is 12.7. The summed E-state index contributed by atoms with van der Waals surface area (Å²) in [6, 6.07) is -1.28. The first-order valence-electron chi connectivity index (χ1n) is 19.9. The molecule has 0 aliphatic heterocycles. The van der Waals surface area contributed by atoms with E-state index < -0.39 is 42.6 Å². The highest BCUT2D eigenvalue weighted by Gasteiger charge is 2.33. The second-order valence-electron chi connectivity index (χ2n) is 14.4. The third-order valence-corrected chi connectivity index (χ3v) is 9.96. The van der Waals surface area contributed by atoms with Gasteiger partial charge in [-0.25, -0.2) is 0 Å². The summed E-state index contributed by atoms with van der Waals surface area (Å²) >= 11 is 0. The maximum atomic E-state index is 12.7. The molecule has 0 saturated carbocycles. The van der Waals surface area contributed by atoms with Gasteiger partial charge in [0.15, 0.2) is 0 Å². The molecular weight excluding hydrogens is 592 g/mol. The van der Waals surface area contributed by atoms with Crippen LogP contribution in [0.15, 0.2) is 12.2 Å². The summed E-state index contributed by atoms with van der Waals surface area (Å²) in [6.07, 6.45) is 29.3. The van der Waals surface area contributed by atoms with Crippen LogP contribution in [-0.2, 0) is 4.79 Å². The largest absolute Gasteiger partial charge is 0.393 e. The number of carbonyl (C=O) groups excluding carboxylic acids is 1. The Balaban J connectivity index is 2.03. The molecule has 1 amide bonds. The van der Waals surface area contributed by atoms with Crippen molar-refractivity contribution < 1.29 is 30.3 Å². The van der Waals surface area contributed by atoms with E-state index >= 15 is 0 Å². The first kappa shape index (κ1) is 44.0. The number of rotatable bonds is 32. The molecule has 1 rings (SSSR count). The van der Waals surface area contributed by atoms with Gasteiger partial charge in [-0.2, -0.15) is 0 Å². The summed E-state index contributed by atoms with van der Waals surface area (Å²) in [5.41, 5.74) is 0. The van der Waals surface area contributed by atoms with E-state index in [0.29, 0.717) is 12.8 Å². The predicted molar refractivity (Wildman–Crippen MR) is 194 cm³/mol. The highest BCUT2D eigenvalue weighted by Crippen LogP contribution is 2.17. The van der Waals surface area contributed by atoms with Crippen molar-refractivity contribution in [1.29, 1.82) is 0 Å². The van der Waals surface area contributed by atoms with Gasteiger partial charge in [0.05, 0.1) is 24.3 Å². The van der Waals surface area contributed by atoms with Gasteiger partial charge >= 0.3 is 0 Å². The van der Waals surface area contributed by atoms with Crippen molar-refractivity contribution in [3.05, 3.63) is 12.2 Å². The van der Waals surface area contributed by atoms with E-state index in [1.807, 2.05) is 6.92 Å². The van der Waals surface area contributed by atoms with E-state index in [1.54, 1.807) is 6.08 Å². The quantitative estimate of drug-likeness (QED) is 0.0303. The summed E-state index contributed by atoms with van der Waals surface area (Å²) in [7, 11) is 0. The lowest BCUT2D eigenvalue weighted by molar-refractivity contribution is -0.123. The van der Waals surface area contributed by atoms with Crippen LogP contribution in [0, 0.1) is 0 Å². The number of aliphatic hydroxyl groups is 5. The molecule has 8 heteroatoms. The highest BCUT2D eigenvalue weighted by atomic mass is 16.4. The number of carbonyl (C=O) groups is 1. The molecule has 47 heavy (non-hydrogen) atoms. The molecule has 0 saturated heterocycles. The van der Waals surface area contributed by atoms with Crippen molar-refractivity contribution in [2.24, 2.45) is 0 Å². The predicted octanol–water partition coefficient (Wildman–Crippen LogP) is 6.99. The molecule has 0 fully saturated rings. The molecule has 0 aromatic carbocycles. The Labute approximate surface area is 288 Å². The van der Waals surface area contributed by atoms with Crippen LogP contribution in [0.1, 0.15) is 181 Å². The molecule has 0 aromatic heterocycles. The van der Waals surface area contributed by atoms with Crippen molar-refractivity contribution in [1.82, 2.24) is 10.6 Å². The molecule has 1 aliphatic rings. The molecule has 0 bridgehead atoms. The van der Waals surface area contributed by atoms with Crippen LogP contribution in [0.5, 0.6) is 0 Å². The van der Waals surface area contributed by atoms with Gasteiger partial charge in [0.1, 0.15) is 18.3 Å². The van der Waals surface area contributed by atoms with Crippen LogP contribution in [0.3, 0.4) is 0 Å². The van der Waals surface area contributed by atoms with E-state index in [0.717, 1.165) is 19.3 Å². The van der Waals surface area contributed by atoms with Crippen LogP contribution >= 0.6 is 0 Å². The first-order valence-corrected chi connectivity index (χ1v) is 19.9. The van der Waals surface area contributed by atoms with Gasteiger partial charge in [-0.1, -0.05) is 167 Å². The van der Waals surface area contributed by atoms with Crippen LogP contribution in [0.25, 0.3) is 0 Å². The summed E-state index contributed by atoms with van der Waals surface area (Å²) < 4.78 is 0. The van der Waals surface area contributed by atoms with Crippen molar-refractivity contribution in [3.63, 3.8) is 0 Å². The van der Waals surface area contributed by atoms with E-state index in [-0.39, 0.29) is 18.9 Å². The molecule has 7 unspecified atom stereocenters. The van der Waals surface area contributed by atoms with Crippen LogP contribution in [0.4, 0.5) is 0 Å². The average molecular weight is 669 g/mol. The number of unbranched alkanes of at least 4 members (excludes halogenated alkanes) is 22. The molecule has 7 atom stereocenters. The Kier molecular flexibility index (Phi) is 27.9. The van der Waals surface area contributed by atoms with Gasteiger partial charge in [-0.05, 0) is 12.8 Å².